The van der Waals surface area contributed by atoms with Gasteiger partial charge in [-0.2, -0.15) is 0 Å². The van der Waals surface area contributed by atoms with Gasteiger partial charge in [-0.25, -0.2) is 0 Å². The van der Waals surface area contributed by atoms with E-state index in [9.17, 15) is 10.2 Å². The van der Waals surface area contributed by atoms with Gasteiger partial charge in [0, 0.05) is 16.1 Å². The van der Waals surface area contributed by atoms with Crippen molar-refractivity contribution < 1.29 is 10.2 Å². The van der Waals surface area contributed by atoms with Crippen LogP contribution in [-0.4, -0.2) is 28.2 Å². The second-order valence-corrected chi connectivity index (χ2v) is 9.04. The fourth-order valence-corrected chi connectivity index (χ4v) is 4.86. The van der Waals surface area contributed by atoms with E-state index in [0.717, 1.165) is 59.3 Å². The van der Waals surface area contributed by atoms with Gasteiger partial charge in [0.25, 0.3) is 0 Å². The average molecular weight is 460 g/mol. The molecule has 0 aliphatic carbocycles. The summed E-state index contributed by atoms with van der Waals surface area (Å²) in [6.07, 6.45) is 7.20. The minimum Gasteiger partial charge on any atom is -0.508 e. The van der Waals surface area contributed by atoms with Gasteiger partial charge in [-0.3, -0.25) is 4.90 Å². The first-order chi connectivity index (χ1) is 16.0. The van der Waals surface area contributed by atoms with Crippen LogP contribution in [0.5, 0.6) is 11.5 Å². The fraction of sp³-hybridized carbons (Fsp3) is 0.241. The van der Waals surface area contributed by atoms with Crippen LogP contribution in [0.4, 0.5) is 0 Å². The van der Waals surface area contributed by atoms with E-state index in [1.807, 2.05) is 48.5 Å². The number of halogens is 1. The molecule has 1 aliphatic rings. The largest absolute Gasteiger partial charge is 0.508 e. The van der Waals surface area contributed by atoms with Crippen LogP contribution in [0.3, 0.4) is 0 Å². The molecular weight excluding hydrogens is 430 g/mol. The van der Waals surface area contributed by atoms with E-state index in [4.69, 9.17) is 11.6 Å². The quantitative estimate of drug-likeness (QED) is 0.354. The Labute approximate surface area is 201 Å². The molecular formula is C29H30ClNO2. The molecule has 1 aliphatic heterocycles. The summed E-state index contributed by atoms with van der Waals surface area (Å²) in [7, 11) is 0. The van der Waals surface area contributed by atoms with E-state index >= 15 is 0 Å². The van der Waals surface area contributed by atoms with Gasteiger partial charge in [0.2, 0.25) is 0 Å². The number of phenols is 2. The maximum atomic E-state index is 11.6. The Morgan fingerprint density at radius 1 is 0.909 bits per heavy atom. The molecule has 0 aromatic heterocycles. The third-order valence-electron chi connectivity index (χ3n) is 6.32. The number of likely N-dealkylation sites (tertiary alicyclic amines) is 1. The molecule has 0 amide bonds. The minimum atomic E-state index is -0.0713. The molecule has 170 valence electrons. The summed E-state index contributed by atoms with van der Waals surface area (Å²) in [5, 5.41) is 22.5. The van der Waals surface area contributed by atoms with Crippen LogP contribution in [0.15, 0.2) is 79.9 Å². The lowest BCUT2D eigenvalue weighted by Gasteiger charge is -2.30. The zero-order valence-corrected chi connectivity index (χ0v) is 19.6. The first-order valence-corrected chi connectivity index (χ1v) is 11.8. The number of hydrogen-bond acceptors (Lipinski definition) is 3. The molecule has 4 rings (SSSR count). The molecule has 1 fully saturated rings. The lowest BCUT2D eigenvalue weighted by Crippen LogP contribution is -2.26. The predicted octanol–water partition coefficient (Wildman–Crippen LogP) is 7.06. The summed E-state index contributed by atoms with van der Waals surface area (Å²) in [6.45, 7) is 9.67. The van der Waals surface area contributed by atoms with Crippen LogP contribution in [0, 0.1) is 0 Å². The number of allylic oxidation sites excluding steroid dienone is 2. The van der Waals surface area contributed by atoms with Crippen molar-refractivity contribution in [2.45, 2.75) is 31.7 Å². The molecule has 33 heavy (non-hydrogen) atoms. The lowest BCUT2D eigenvalue weighted by molar-refractivity contribution is 0.275. The summed E-state index contributed by atoms with van der Waals surface area (Å²) in [5.41, 5.74) is 5.48. The van der Waals surface area contributed by atoms with Crippen LogP contribution >= 0.6 is 11.6 Å². The van der Waals surface area contributed by atoms with Gasteiger partial charge in [-0.05, 0) is 97.4 Å². The minimum absolute atomic E-state index is 0.0713. The zero-order valence-electron chi connectivity index (χ0n) is 18.8. The molecule has 2 N–H and O–H groups in total. The standard InChI is InChI=1S/C29H30ClNO2/c1-3-7-20-17-25(22-11-14-27(32)23(19-22)8-4-2)29(33)26(18-20)28(31-15-5-6-16-31)21-9-12-24(30)13-10-21/h3-4,9-14,17-19,28,32-33H,1-2,5-8,15-16H2. The highest BCUT2D eigenvalue weighted by atomic mass is 35.5. The average Bonchev–Trinajstić information content (AvgIpc) is 3.33. The van der Waals surface area contributed by atoms with Gasteiger partial charge >= 0.3 is 0 Å². The Morgan fingerprint density at radius 2 is 1.61 bits per heavy atom. The normalized spacial score (nSPS) is 14.8. The molecule has 0 spiro atoms. The highest BCUT2D eigenvalue weighted by Gasteiger charge is 2.29. The van der Waals surface area contributed by atoms with Crippen LogP contribution in [0.25, 0.3) is 11.1 Å². The van der Waals surface area contributed by atoms with Gasteiger partial charge in [0.1, 0.15) is 11.5 Å². The number of phenolic OH excluding ortho intramolecular Hbond substituents is 2. The SMILES string of the molecule is C=CCc1cc(-c2ccc(O)c(CC=C)c2)c(O)c(C(c2ccc(Cl)cc2)N2CCCC2)c1. The van der Waals surface area contributed by atoms with Crippen LogP contribution in [0.2, 0.25) is 5.02 Å². The molecule has 1 heterocycles. The number of nitrogens with zero attached hydrogens (tertiary/aromatic N) is 1. The second kappa shape index (κ2) is 10.3. The summed E-state index contributed by atoms with van der Waals surface area (Å²) >= 11 is 6.18. The maximum absolute atomic E-state index is 11.6. The van der Waals surface area contributed by atoms with E-state index < -0.39 is 0 Å². The molecule has 0 radical (unpaired) electrons. The monoisotopic (exact) mass is 459 g/mol. The Bertz CT molecular complexity index is 1150. The highest BCUT2D eigenvalue weighted by molar-refractivity contribution is 6.30. The van der Waals surface area contributed by atoms with E-state index in [1.54, 1.807) is 12.1 Å². The van der Waals surface area contributed by atoms with Crippen molar-refractivity contribution >= 4 is 11.6 Å². The summed E-state index contributed by atoms with van der Waals surface area (Å²) in [5.74, 6) is 0.502. The predicted molar refractivity (Wildman–Crippen MR) is 137 cm³/mol. The van der Waals surface area contributed by atoms with Crippen LogP contribution in [-0.2, 0) is 12.8 Å². The fourth-order valence-electron chi connectivity index (χ4n) is 4.74. The molecule has 1 atom stereocenters. The number of benzene rings is 3. The molecule has 4 heteroatoms. The van der Waals surface area contributed by atoms with Crippen molar-refractivity contribution in [1.29, 1.82) is 0 Å². The van der Waals surface area contributed by atoms with Crippen LogP contribution in [0.1, 0.15) is 41.1 Å². The van der Waals surface area contributed by atoms with Crippen molar-refractivity contribution in [2.75, 3.05) is 13.1 Å². The number of hydrogen-bond donors (Lipinski definition) is 2. The van der Waals surface area contributed by atoms with Crippen molar-refractivity contribution in [3.8, 4) is 22.6 Å². The summed E-state index contributed by atoms with van der Waals surface area (Å²) < 4.78 is 0. The maximum Gasteiger partial charge on any atom is 0.128 e. The third kappa shape index (κ3) is 5.00. The van der Waals surface area contributed by atoms with E-state index in [2.05, 4.69) is 24.1 Å². The first-order valence-electron chi connectivity index (χ1n) is 11.4. The molecule has 0 saturated carbocycles. The Hall–Kier alpha value is -3.01. The Kier molecular flexibility index (Phi) is 7.22. The van der Waals surface area contributed by atoms with Gasteiger partial charge < -0.3 is 10.2 Å². The Balaban J connectivity index is 1.90. The van der Waals surface area contributed by atoms with Crippen molar-refractivity contribution in [3.63, 3.8) is 0 Å². The number of aromatic hydroxyl groups is 2. The zero-order chi connectivity index (χ0) is 23.4. The van der Waals surface area contributed by atoms with Crippen LogP contribution < -0.4 is 0 Å². The molecule has 3 aromatic rings. The molecule has 3 aromatic carbocycles. The lowest BCUT2D eigenvalue weighted by atomic mass is 9.89. The molecule has 1 unspecified atom stereocenters. The summed E-state index contributed by atoms with van der Waals surface area (Å²) in [6, 6.07) is 17.4. The molecule has 3 nitrogen and oxygen atoms in total. The third-order valence-corrected chi connectivity index (χ3v) is 6.57. The van der Waals surface area contributed by atoms with Gasteiger partial charge in [-0.15, -0.1) is 13.2 Å². The first kappa shape index (κ1) is 23.2. The number of rotatable bonds is 8. The Morgan fingerprint density at radius 3 is 2.27 bits per heavy atom. The topological polar surface area (TPSA) is 43.7 Å². The van der Waals surface area contributed by atoms with Gasteiger partial charge in [0.05, 0.1) is 6.04 Å². The highest BCUT2D eigenvalue weighted by Crippen LogP contribution is 2.43. The molecule has 1 saturated heterocycles. The van der Waals surface area contributed by atoms with E-state index in [0.29, 0.717) is 17.9 Å². The van der Waals surface area contributed by atoms with E-state index in [1.165, 1.54) is 0 Å². The molecule has 0 bridgehead atoms. The van der Waals surface area contributed by atoms with Crippen molar-refractivity contribution in [1.82, 2.24) is 4.90 Å². The summed E-state index contributed by atoms with van der Waals surface area (Å²) in [4.78, 5) is 2.43. The second-order valence-electron chi connectivity index (χ2n) is 8.61. The van der Waals surface area contributed by atoms with Crippen molar-refractivity contribution in [2.24, 2.45) is 0 Å². The van der Waals surface area contributed by atoms with E-state index in [-0.39, 0.29) is 17.5 Å². The smallest absolute Gasteiger partial charge is 0.128 e. The van der Waals surface area contributed by atoms with Gasteiger partial charge in [-0.1, -0.05) is 42.0 Å². The van der Waals surface area contributed by atoms with Crippen molar-refractivity contribution in [3.05, 3.63) is 107 Å². The van der Waals surface area contributed by atoms with Gasteiger partial charge in [0.15, 0.2) is 0 Å².